The van der Waals surface area contributed by atoms with Gasteiger partial charge in [0.2, 0.25) is 0 Å². The van der Waals surface area contributed by atoms with Gasteiger partial charge in [-0.05, 0) is 11.8 Å². The summed E-state index contributed by atoms with van der Waals surface area (Å²) in [6.07, 6.45) is -0.237. The van der Waals surface area contributed by atoms with Crippen LogP contribution in [0.15, 0.2) is 0 Å². The van der Waals surface area contributed by atoms with E-state index in [9.17, 15) is 0 Å². The summed E-state index contributed by atoms with van der Waals surface area (Å²) >= 11 is 0. The smallest absolute Gasteiger partial charge is 0.160 e. The number of aliphatic hydroxyl groups excluding tert-OH is 1. The molecule has 1 heterocycles. The Kier molecular flexibility index (Phi) is 3.71. The van der Waals surface area contributed by atoms with Crippen molar-refractivity contribution in [2.24, 2.45) is 17.8 Å². The van der Waals surface area contributed by atoms with Crippen molar-refractivity contribution in [1.29, 1.82) is 0 Å². The van der Waals surface area contributed by atoms with Crippen LogP contribution in [0.25, 0.3) is 0 Å². The molecule has 1 rings (SSSR count). The van der Waals surface area contributed by atoms with Crippen molar-refractivity contribution in [3.63, 3.8) is 0 Å². The van der Waals surface area contributed by atoms with Gasteiger partial charge < -0.3 is 14.6 Å². The van der Waals surface area contributed by atoms with E-state index >= 15 is 0 Å². The first kappa shape index (κ1) is 11.0. The standard InChI is InChI=1S/C10H20O3/c1-6-7(2)9(5-11)13-10(12-4)8(6)3/h6-11H,5H2,1-4H3/t6?,7-,8+,9?,10+/m1/s1. The molecule has 2 unspecified atom stereocenters. The molecule has 3 nitrogen and oxygen atoms in total. The van der Waals surface area contributed by atoms with Crippen molar-refractivity contribution >= 4 is 0 Å². The number of ether oxygens (including phenoxy) is 2. The molecule has 0 aromatic heterocycles. The van der Waals surface area contributed by atoms with E-state index in [1.54, 1.807) is 7.11 Å². The summed E-state index contributed by atoms with van der Waals surface area (Å²) in [5.41, 5.74) is 0. The van der Waals surface area contributed by atoms with Gasteiger partial charge in [-0.15, -0.1) is 0 Å². The minimum atomic E-state index is -0.164. The summed E-state index contributed by atoms with van der Waals surface area (Å²) in [5.74, 6) is 1.31. The molecule has 1 N–H and O–H groups in total. The van der Waals surface area contributed by atoms with Gasteiger partial charge in [0.1, 0.15) is 0 Å². The molecule has 0 spiro atoms. The molecule has 1 aliphatic rings. The van der Waals surface area contributed by atoms with E-state index in [0.29, 0.717) is 17.8 Å². The summed E-state index contributed by atoms with van der Waals surface area (Å²) in [6, 6.07) is 0. The van der Waals surface area contributed by atoms with Gasteiger partial charge in [0.05, 0.1) is 12.7 Å². The maximum atomic E-state index is 9.10. The average molecular weight is 188 g/mol. The highest BCUT2D eigenvalue weighted by Crippen LogP contribution is 2.34. The van der Waals surface area contributed by atoms with Crippen LogP contribution >= 0.6 is 0 Å². The second kappa shape index (κ2) is 4.40. The number of methoxy groups -OCH3 is 1. The summed E-state index contributed by atoms with van der Waals surface area (Å²) in [4.78, 5) is 0. The van der Waals surface area contributed by atoms with Crippen molar-refractivity contribution in [3.05, 3.63) is 0 Å². The van der Waals surface area contributed by atoms with Crippen molar-refractivity contribution in [2.45, 2.75) is 33.2 Å². The van der Waals surface area contributed by atoms with E-state index in [2.05, 4.69) is 20.8 Å². The summed E-state index contributed by atoms with van der Waals surface area (Å²) < 4.78 is 10.8. The molecule has 0 radical (unpaired) electrons. The van der Waals surface area contributed by atoms with E-state index in [4.69, 9.17) is 14.6 Å². The van der Waals surface area contributed by atoms with Gasteiger partial charge in [0, 0.05) is 13.0 Å². The monoisotopic (exact) mass is 188 g/mol. The van der Waals surface area contributed by atoms with Crippen LogP contribution in [0.5, 0.6) is 0 Å². The van der Waals surface area contributed by atoms with Crippen molar-refractivity contribution in [1.82, 2.24) is 0 Å². The third-order valence-electron chi connectivity index (χ3n) is 3.40. The SMILES string of the molecule is CO[C@H]1OC(CO)[C@H](C)C(C)[C@@H]1C. The Labute approximate surface area is 80.0 Å². The fourth-order valence-electron chi connectivity index (χ4n) is 1.96. The Morgan fingerprint density at radius 3 is 2.23 bits per heavy atom. The summed E-state index contributed by atoms with van der Waals surface area (Å²) in [7, 11) is 1.65. The van der Waals surface area contributed by atoms with E-state index in [1.165, 1.54) is 0 Å². The van der Waals surface area contributed by atoms with Crippen molar-refractivity contribution in [3.8, 4) is 0 Å². The number of rotatable bonds is 2. The maximum Gasteiger partial charge on any atom is 0.160 e. The number of aliphatic hydroxyl groups is 1. The van der Waals surface area contributed by atoms with Crippen LogP contribution in [0, 0.1) is 17.8 Å². The highest BCUT2D eigenvalue weighted by molar-refractivity contribution is 4.82. The molecule has 1 fully saturated rings. The zero-order chi connectivity index (χ0) is 10.0. The fourth-order valence-corrected chi connectivity index (χ4v) is 1.96. The minimum Gasteiger partial charge on any atom is -0.394 e. The van der Waals surface area contributed by atoms with Gasteiger partial charge in [-0.3, -0.25) is 0 Å². The van der Waals surface area contributed by atoms with Crippen LogP contribution in [-0.4, -0.2) is 31.2 Å². The lowest BCUT2D eigenvalue weighted by Gasteiger charge is -2.42. The first-order chi connectivity index (χ1) is 6.11. The zero-order valence-corrected chi connectivity index (χ0v) is 8.86. The maximum absolute atomic E-state index is 9.10. The van der Waals surface area contributed by atoms with Gasteiger partial charge >= 0.3 is 0 Å². The van der Waals surface area contributed by atoms with Crippen LogP contribution < -0.4 is 0 Å². The zero-order valence-electron chi connectivity index (χ0n) is 8.86. The van der Waals surface area contributed by atoms with Crippen molar-refractivity contribution < 1.29 is 14.6 Å². The highest BCUT2D eigenvalue weighted by atomic mass is 16.7. The topological polar surface area (TPSA) is 38.7 Å². The molecule has 1 aliphatic heterocycles. The normalized spacial score (nSPS) is 46.4. The Balaban J connectivity index is 2.66. The molecule has 13 heavy (non-hydrogen) atoms. The molecule has 0 saturated carbocycles. The van der Waals surface area contributed by atoms with Gasteiger partial charge in [-0.2, -0.15) is 0 Å². The third-order valence-corrected chi connectivity index (χ3v) is 3.40. The first-order valence-corrected chi connectivity index (χ1v) is 4.91. The van der Waals surface area contributed by atoms with E-state index in [0.717, 1.165) is 0 Å². The summed E-state index contributed by atoms with van der Waals surface area (Å²) in [5, 5.41) is 9.10. The lowest BCUT2D eigenvalue weighted by Crippen LogP contribution is -2.46. The second-order valence-corrected chi connectivity index (χ2v) is 4.04. The van der Waals surface area contributed by atoms with E-state index < -0.39 is 0 Å². The molecule has 0 bridgehead atoms. The predicted molar refractivity (Wildman–Crippen MR) is 50.2 cm³/mol. The Morgan fingerprint density at radius 2 is 1.77 bits per heavy atom. The molecular formula is C10H20O3. The van der Waals surface area contributed by atoms with Crippen LogP contribution in [0.4, 0.5) is 0 Å². The van der Waals surface area contributed by atoms with Crippen LogP contribution in [0.3, 0.4) is 0 Å². The second-order valence-electron chi connectivity index (χ2n) is 4.04. The molecule has 3 heteroatoms. The van der Waals surface area contributed by atoms with E-state index in [-0.39, 0.29) is 19.0 Å². The number of hydrogen-bond acceptors (Lipinski definition) is 3. The molecule has 5 atom stereocenters. The molecule has 0 aromatic rings. The molecular weight excluding hydrogens is 168 g/mol. The van der Waals surface area contributed by atoms with E-state index in [1.807, 2.05) is 0 Å². The molecule has 0 aromatic carbocycles. The predicted octanol–water partition coefficient (Wildman–Crippen LogP) is 1.26. The molecule has 0 amide bonds. The molecule has 78 valence electrons. The van der Waals surface area contributed by atoms with Gasteiger partial charge in [0.15, 0.2) is 6.29 Å². The Bertz CT molecular complexity index is 140. The third kappa shape index (κ3) is 2.03. The quantitative estimate of drug-likeness (QED) is 0.709. The van der Waals surface area contributed by atoms with Crippen molar-refractivity contribution in [2.75, 3.05) is 13.7 Å². The van der Waals surface area contributed by atoms with Gasteiger partial charge in [-0.25, -0.2) is 0 Å². The number of hydrogen-bond donors (Lipinski definition) is 1. The molecule has 1 saturated heterocycles. The van der Waals surface area contributed by atoms with Gasteiger partial charge in [-0.1, -0.05) is 20.8 Å². The Hall–Kier alpha value is -0.120. The summed E-state index contributed by atoms with van der Waals surface area (Å²) in [6.45, 7) is 6.52. The average Bonchev–Trinajstić information content (AvgIpc) is 2.15. The largest absolute Gasteiger partial charge is 0.394 e. The minimum absolute atomic E-state index is 0.0730. The fraction of sp³-hybridized carbons (Fsp3) is 1.00. The lowest BCUT2D eigenvalue weighted by atomic mass is 9.79. The van der Waals surface area contributed by atoms with Crippen LogP contribution in [-0.2, 0) is 9.47 Å². The van der Waals surface area contributed by atoms with Crippen LogP contribution in [0.1, 0.15) is 20.8 Å². The van der Waals surface area contributed by atoms with Gasteiger partial charge in [0.25, 0.3) is 0 Å². The first-order valence-electron chi connectivity index (χ1n) is 4.91. The lowest BCUT2D eigenvalue weighted by molar-refractivity contribution is -0.244. The molecule has 0 aliphatic carbocycles. The Morgan fingerprint density at radius 1 is 1.15 bits per heavy atom. The highest BCUT2D eigenvalue weighted by Gasteiger charge is 2.38. The van der Waals surface area contributed by atoms with Crippen LogP contribution in [0.2, 0.25) is 0 Å².